The zero-order valence-electron chi connectivity index (χ0n) is 11.1. The maximum Gasteiger partial charge on any atom is 0.419 e. The Morgan fingerprint density at radius 3 is 2.24 bits per heavy atom. The summed E-state index contributed by atoms with van der Waals surface area (Å²) in [5, 5.41) is 8.96. The number of ether oxygens (including phenoxy) is 2. The average Bonchev–Trinajstić information content (AvgIpc) is 2.47. The quantitative estimate of drug-likeness (QED) is 0.927. The van der Waals surface area contributed by atoms with E-state index in [4.69, 9.17) is 14.6 Å². The van der Waals surface area contributed by atoms with Crippen molar-refractivity contribution < 1.29 is 27.8 Å². The molecular formula is C15H13F3O3. The Balaban J connectivity index is 2.44. The van der Waals surface area contributed by atoms with E-state index in [1.807, 2.05) is 0 Å². The summed E-state index contributed by atoms with van der Waals surface area (Å²) in [6.45, 7) is -0.474. The van der Waals surface area contributed by atoms with Crippen LogP contribution >= 0.6 is 0 Å². The van der Waals surface area contributed by atoms with Crippen LogP contribution < -0.4 is 9.47 Å². The minimum Gasteiger partial charge on any atom is -0.493 e. The highest BCUT2D eigenvalue weighted by Gasteiger charge is 2.35. The fourth-order valence-electron chi connectivity index (χ4n) is 1.81. The van der Waals surface area contributed by atoms with E-state index >= 15 is 0 Å². The molecule has 6 heteroatoms. The van der Waals surface area contributed by atoms with Crippen molar-refractivity contribution in [2.24, 2.45) is 0 Å². The maximum atomic E-state index is 13.1. The van der Waals surface area contributed by atoms with Crippen LogP contribution in [0.3, 0.4) is 0 Å². The smallest absolute Gasteiger partial charge is 0.419 e. The van der Waals surface area contributed by atoms with Crippen LogP contribution in [0.2, 0.25) is 0 Å². The topological polar surface area (TPSA) is 38.7 Å². The third-order valence-electron chi connectivity index (χ3n) is 2.82. The van der Waals surface area contributed by atoms with Gasteiger partial charge in [-0.25, -0.2) is 0 Å². The Labute approximate surface area is 119 Å². The Morgan fingerprint density at radius 2 is 1.67 bits per heavy atom. The van der Waals surface area contributed by atoms with E-state index in [9.17, 15) is 13.2 Å². The van der Waals surface area contributed by atoms with E-state index < -0.39 is 18.3 Å². The first-order valence-electron chi connectivity index (χ1n) is 6.07. The molecular weight excluding hydrogens is 285 g/mol. The number of hydrogen-bond acceptors (Lipinski definition) is 3. The van der Waals surface area contributed by atoms with E-state index in [0.717, 1.165) is 6.07 Å². The number of hydrogen-bond donors (Lipinski definition) is 1. The van der Waals surface area contributed by atoms with Crippen molar-refractivity contribution in [2.75, 3.05) is 7.11 Å². The van der Waals surface area contributed by atoms with Crippen molar-refractivity contribution in [1.82, 2.24) is 0 Å². The van der Waals surface area contributed by atoms with Crippen LogP contribution in [0.4, 0.5) is 13.2 Å². The number of methoxy groups -OCH3 is 1. The zero-order chi connectivity index (χ0) is 15.5. The van der Waals surface area contributed by atoms with Crippen molar-refractivity contribution >= 4 is 0 Å². The summed E-state index contributed by atoms with van der Waals surface area (Å²) in [6.07, 6.45) is -4.58. The van der Waals surface area contributed by atoms with Gasteiger partial charge in [0.05, 0.1) is 19.3 Å². The van der Waals surface area contributed by atoms with Crippen LogP contribution in [0, 0.1) is 0 Å². The molecule has 112 valence electrons. The molecule has 0 radical (unpaired) electrons. The molecule has 21 heavy (non-hydrogen) atoms. The van der Waals surface area contributed by atoms with Gasteiger partial charge in [-0.1, -0.05) is 18.2 Å². The first-order chi connectivity index (χ1) is 9.95. The van der Waals surface area contributed by atoms with Gasteiger partial charge in [0.1, 0.15) is 5.75 Å². The van der Waals surface area contributed by atoms with Crippen LogP contribution in [-0.4, -0.2) is 12.2 Å². The normalized spacial score (nSPS) is 11.3. The minimum absolute atomic E-state index is 0.162. The van der Waals surface area contributed by atoms with Gasteiger partial charge in [0.2, 0.25) is 0 Å². The molecule has 0 aliphatic rings. The number of benzene rings is 2. The molecule has 0 amide bonds. The summed E-state index contributed by atoms with van der Waals surface area (Å²) in [7, 11) is 1.40. The fourth-order valence-corrected chi connectivity index (χ4v) is 1.81. The standard InChI is InChI=1S/C15H13F3O3/c1-20-13-4-2-3-5-14(13)21-12-7-6-10(9-19)8-11(12)15(16,17)18/h2-8,19H,9H2,1H3. The third-order valence-corrected chi connectivity index (χ3v) is 2.82. The van der Waals surface area contributed by atoms with Gasteiger partial charge in [0, 0.05) is 0 Å². The molecule has 0 spiro atoms. The lowest BCUT2D eigenvalue weighted by atomic mass is 10.1. The predicted octanol–water partition coefficient (Wildman–Crippen LogP) is 4.00. The maximum absolute atomic E-state index is 13.1. The molecule has 0 fully saturated rings. The van der Waals surface area contributed by atoms with Crippen LogP contribution in [-0.2, 0) is 12.8 Å². The summed E-state index contributed by atoms with van der Waals surface area (Å²) in [5.74, 6) is 0.170. The molecule has 0 unspecified atom stereocenters. The van der Waals surface area contributed by atoms with E-state index in [0.29, 0.717) is 5.75 Å². The molecule has 0 aliphatic heterocycles. The van der Waals surface area contributed by atoms with E-state index in [-0.39, 0.29) is 17.1 Å². The summed E-state index contributed by atoms with van der Waals surface area (Å²) >= 11 is 0. The van der Waals surface area contributed by atoms with E-state index in [1.165, 1.54) is 25.3 Å². The second-order valence-electron chi connectivity index (χ2n) is 4.24. The number of alkyl halides is 3. The Bertz CT molecular complexity index is 624. The highest BCUT2D eigenvalue weighted by molar-refractivity contribution is 5.46. The third kappa shape index (κ3) is 3.46. The van der Waals surface area contributed by atoms with Gasteiger partial charge in [-0.3, -0.25) is 0 Å². The summed E-state index contributed by atoms with van der Waals surface area (Å²) in [5.41, 5.74) is -0.783. The molecule has 0 aromatic heterocycles. The Morgan fingerprint density at radius 1 is 1.00 bits per heavy atom. The van der Waals surface area contributed by atoms with Crippen molar-refractivity contribution in [3.63, 3.8) is 0 Å². The van der Waals surface area contributed by atoms with Gasteiger partial charge in [0.15, 0.2) is 11.5 Å². The molecule has 0 saturated carbocycles. The van der Waals surface area contributed by atoms with Gasteiger partial charge >= 0.3 is 6.18 Å². The molecule has 2 aromatic carbocycles. The summed E-state index contributed by atoms with van der Waals surface area (Å²) in [6, 6.07) is 9.84. The molecule has 0 saturated heterocycles. The molecule has 0 atom stereocenters. The molecule has 1 N–H and O–H groups in total. The van der Waals surface area contributed by atoms with Gasteiger partial charge in [-0.15, -0.1) is 0 Å². The number of para-hydroxylation sites is 2. The number of halogens is 3. The van der Waals surface area contributed by atoms with Crippen LogP contribution in [0.5, 0.6) is 17.2 Å². The van der Waals surface area contributed by atoms with Crippen LogP contribution in [0.1, 0.15) is 11.1 Å². The Kier molecular flexibility index (Phi) is 4.37. The lowest BCUT2D eigenvalue weighted by Gasteiger charge is -2.16. The predicted molar refractivity (Wildman–Crippen MR) is 70.4 cm³/mol. The molecule has 2 rings (SSSR count). The fraction of sp³-hybridized carbons (Fsp3) is 0.200. The molecule has 3 nitrogen and oxygen atoms in total. The number of aliphatic hydroxyl groups excluding tert-OH is 1. The van der Waals surface area contributed by atoms with E-state index in [2.05, 4.69) is 0 Å². The van der Waals surface area contributed by atoms with E-state index in [1.54, 1.807) is 18.2 Å². The average molecular weight is 298 g/mol. The molecule has 0 aliphatic carbocycles. The van der Waals surface area contributed by atoms with Crippen LogP contribution in [0.15, 0.2) is 42.5 Å². The minimum atomic E-state index is -4.58. The van der Waals surface area contributed by atoms with Crippen molar-refractivity contribution in [2.45, 2.75) is 12.8 Å². The molecule has 0 heterocycles. The SMILES string of the molecule is COc1ccccc1Oc1ccc(CO)cc1C(F)(F)F. The number of aliphatic hydroxyl groups is 1. The van der Waals surface area contributed by atoms with Gasteiger partial charge in [0.25, 0.3) is 0 Å². The second-order valence-corrected chi connectivity index (χ2v) is 4.24. The van der Waals surface area contributed by atoms with Crippen molar-refractivity contribution in [3.8, 4) is 17.2 Å². The summed E-state index contributed by atoms with van der Waals surface area (Å²) in [4.78, 5) is 0. The Hall–Kier alpha value is -2.21. The largest absolute Gasteiger partial charge is 0.493 e. The first-order valence-corrected chi connectivity index (χ1v) is 6.07. The monoisotopic (exact) mass is 298 g/mol. The number of rotatable bonds is 4. The highest BCUT2D eigenvalue weighted by Crippen LogP contribution is 2.40. The lowest BCUT2D eigenvalue weighted by molar-refractivity contribution is -0.138. The first kappa shape index (κ1) is 15.2. The van der Waals surface area contributed by atoms with Crippen LogP contribution in [0.25, 0.3) is 0 Å². The molecule has 2 aromatic rings. The van der Waals surface area contributed by atoms with Gasteiger partial charge in [-0.2, -0.15) is 13.2 Å². The second kappa shape index (κ2) is 6.05. The van der Waals surface area contributed by atoms with Gasteiger partial charge in [-0.05, 0) is 29.8 Å². The van der Waals surface area contributed by atoms with Crippen molar-refractivity contribution in [3.05, 3.63) is 53.6 Å². The summed E-state index contributed by atoms with van der Waals surface area (Å²) < 4.78 is 49.5. The molecule has 0 bridgehead atoms. The highest BCUT2D eigenvalue weighted by atomic mass is 19.4. The zero-order valence-corrected chi connectivity index (χ0v) is 11.1. The van der Waals surface area contributed by atoms with Gasteiger partial charge < -0.3 is 14.6 Å². The van der Waals surface area contributed by atoms with Crippen molar-refractivity contribution in [1.29, 1.82) is 0 Å². The lowest BCUT2D eigenvalue weighted by Crippen LogP contribution is -2.08.